The molecule has 0 fully saturated rings. The number of ketones is 1. The highest BCUT2D eigenvalue weighted by Crippen LogP contribution is 2.46. The first-order valence-corrected chi connectivity index (χ1v) is 11.4. The molecule has 0 N–H and O–H groups in total. The Morgan fingerprint density at radius 1 is 1.12 bits per heavy atom. The number of likely N-dealkylation sites (N-methyl/N-ethyl adjacent to an activating group) is 1. The van der Waals surface area contributed by atoms with Gasteiger partial charge in [0.2, 0.25) is 0 Å². The second-order valence-electron chi connectivity index (χ2n) is 8.49. The van der Waals surface area contributed by atoms with Crippen molar-refractivity contribution < 1.29 is 9.53 Å². The molecular formula is C25H28N4O2S. The lowest BCUT2D eigenvalue weighted by atomic mass is 9.83. The molecule has 0 aliphatic carbocycles. The minimum Gasteiger partial charge on any atom is -0.497 e. The predicted molar refractivity (Wildman–Crippen MR) is 129 cm³/mol. The average Bonchev–Trinajstić information content (AvgIpc) is 3.24. The molecule has 0 saturated carbocycles. The minimum atomic E-state index is -0.295. The first-order valence-electron chi connectivity index (χ1n) is 10.5. The van der Waals surface area contributed by atoms with Crippen molar-refractivity contribution in [1.29, 1.82) is 0 Å². The van der Waals surface area contributed by atoms with Gasteiger partial charge in [-0.15, -0.1) is 10.2 Å². The molecule has 1 aliphatic rings. The van der Waals surface area contributed by atoms with Crippen LogP contribution in [0.1, 0.15) is 26.3 Å². The minimum absolute atomic E-state index is 0.0589. The van der Waals surface area contributed by atoms with Crippen LogP contribution in [0.15, 0.2) is 65.5 Å². The van der Waals surface area contributed by atoms with Crippen molar-refractivity contribution in [2.75, 3.05) is 19.1 Å². The summed E-state index contributed by atoms with van der Waals surface area (Å²) in [6.45, 7) is 6.24. The van der Waals surface area contributed by atoms with Gasteiger partial charge in [0.1, 0.15) is 5.75 Å². The van der Waals surface area contributed by atoms with E-state index in [-0.39, 0.29) is 16.4 Å². The number of hydrogen-bond donors (Lipinski definition) is 0. The Morgan fingerprint density at radius 2 is 1.88 bits per heavy atom. The topological polar surface area (TPSA) is 60.3 Å². The molecule has 6 nitrogen and oxygen atoms in total. The van der Waals surface area contributed by atoms with Crippen LogP contribution in [0.3, 0.4) is 0 Å². The van der Waals surface area contributed by atoms with Crippen LogP contribution in [0.2, 0.25) is 0 Å². The number of para-hydroxylation sites is 1. The Balaban J connectivity index is 1.55. The third kappa shape index (κ3) is 3.81. The van der Waals surface area contributed by atoms with Gasteiger partial charge in [-0.3, -0.25) is 4.79 Å². The van der Waals surface area contributed by atoms with E-state index in [1.165, 1.54) is 17.3 Å². The van der Waals surface area contributed by atoms with E-state index in [1.54, 1.807) is 13.2 Å². The van der Waals surface area contributed by atoms with E-state index in [4.69, 9.17) is 4.74 Å². The summed E-state index contributed by atoms with van der Waals surface area (Å²) < 4.78 is 7.23. The van der Waals surface area contributed by atoms with E-state index < -0.39 is 0 Å². The Kier molecular flexibility index (Phi) is 5.86. The summed E-state index contributed by atoms with van der Waals surface area (Å²) >= 11 is 1.42. The van der Waals surface area contributed by atoms with Crippen molar-refractivity contribution in [3.8, 4) is 17.1 Å². The van der Waals surface area contributed by atoms with Crippen LogP contribution in [-0.2, 0) is 17.3 Å². The van der Waals surface area contributed by atoms with E-state index in [0.717, 1.165) is 28.5 Å². The zero-order valence-corrected chi connectivity index (χ0v) is 20.1. The lowest BCUT2D eigenvalue weighted by molar-refractivity contribution is -0.114. The van der Waals surface area contributed by atoms with Gasteiger partial charge in [0.25, 0.3) is 0 Å². The van der Waals surface area contributed by atoms with Gasteiger partial charge in [-0.25, -0.2) is 0 Å². The van der Waals surface area contributed by atoms with Gasteiger partial charge in [-0.05, 0) is 30.7 Å². The van der Waals surface area contributed by atoms with Crippen LogP contribution in [-0.4, -0.2) is 40.0 Å². The number of rotatable bonds is 6. The van der Waals surface area contributed by atoms with Gasteiger partial charge in [0, 0.05) is 42.5 Å². The number of aromatic nitrogens is 3. The van der Waals surface area contributed by atoms with Crippen molar-refractivity contribution in [2.24, 2.45) is 7.05 Å². The number of fused-ring (bicyclic) bond motifs is 1. The van der Waals surface area contributed by atoms with Gasteiger partial charge in [-0.2, -0.15) is 0 Å². The van der Waals surface area contributed by atoms with Crippen LogP contribution in [0, 0.1) is 0 Å². The fourth-order valence-electron chi connectivity index (χ4n) is 4.16. The molecule has 0 bridgehead atoms. The van der Waals surface area contributed by atoms with Crippen molar-refractivity contribution >= 4 is 23.2 Å². The SMILES string of the molecule is COc1cccc(-c2nnc(SC(C)C(=O)/C=C3/N(C)c4ccccc4C3(C)C)n2C)c1. The van der Waals surface area contributed by atoms with E-state index >= 15 is 0 Å². The maximum atomic E-state index is 13.2. The number of thioether (sulfide) groups is 1. The molecule has 1 unspecified atom stereocenters. The number of methoxy groups -OCH3 is 1. The standard InChI is InChI=1S/C25H28N4O2S/c1-16(21(30)15-22-25(2,3)19-12-7-8-13-20(19)28(22)4)32-24-27-26-23(29(24)5)17-10-9-11-18(14-17)31-6/h7-16H,1-6H3/b22-15+. The van der Waals surface area contributed by atoms with Crippen molar-refractivity contribution in [1.82, 2.24) is 14.8 Å². The number of carbonyl (C=O) groups excluding carboxylic acids is 1. The number of allylic oxidation sites excluding steroid dienone is 2. The largest absolute Gasteiger partial charge is 0.497 e. The number of carbonyl (C=O) groups is 1. The highest BCUT2D eigenvalue weighted by atomic mass is 32.2. The second kappa shape index (κ2) is 8.47. The smallest absolute Gasteiger partial charge is 0.191 e. The van der Waals surface area contributed by atoms with Gasteiger partial charge < -0.3 is 14.2 Å². The molecule has 3 aromatic rings. The molecule has 0 radical (unpaired) electrons. The van der Waals surface area contributed by atoms with Crippen LogP contribution in [0.4, 0.5) is 5.69 Å². The molecule has 0 saturated heterocycles. The molecule has 4 rings (SSSR count). The highest BCUT2D eigenvalue weighted by molar-refractivity contribution is 8.00. The van der Waals surface area contributed by atoms with Gasteiger partial charge >= 0.3 is 0 Å². The maximum absolute atomic E-state index is 13.2. The van der Waals surface area contributed by atoms with Crippen molar-refractivity contribution in [3.63, 3.8) is 0 Å². The summed E-state index contributed by atoms with van der Waals surface area (Å²) in [6, 6.07) is 16.0. The summed E-state index contributed by atoms with van der Waals surface area (Å²) in [6.07, 6.45) is 1.79. The van der Waals surface area contributed by atoms with Crippen LogP contribution >= 0.6 is 11.8 Å². The fourth-order valence-corrected chi connectivity index (χ4v) is 4.99. The molecule has 1 aromatic heterocycles. The number of anilines is 1. The summed E-state index contributed by atoms with van der Waals surface area (Å²) in [4.78, 5) is 15.3. The third-order valence-corrected chi connectivity index (χ3v) is 7.22. The zero-order valence-electron chi connectivity index (χ0n) is 19.3. The van der Waals surface area contributed by atoms with E-state index in [9.17, 15) is 4.79 Å². The fraction of sp³-hybridized carbons (Fsp3) is 0.320. The lowest BCUT2D eigenvalue weighted by Crippen LogP contribution is -2.25. The number of nitrogens with zero attached hydrogens (tertiary/aromatic N) is 4. The molecule has 1 atom stereocenters. The van der Waals surface area contributed by atoms with Crippen molar-refractivity contribution in [3.05, 3.63) is 65.9 Å². The molecule has 1 aliphatic heterocycles. The predicted octanol–water partition coefficient (Wildman–Crippen LogP) is 4.85. The Labute approximate surface area is 193 Å². The van der Waals surface area contributed by atoms with Gasteiger partial charge in [-0.1, -0.05) is 55.9 Å². The first kappa shape index (κ1) is 22.1. The summed E-state index contributed by atoms with van der Waals surface area (Å²) in [5.74, 6) is 1.55. The van der Waals surface area contributed by atoms with Crippen LogP contribution < -0.4 is 9.64 Å². The molecule has 0 spiro atoms. The molecular weight excluding hydrogens is 420 g/mol. The van der Waals surface area contributed by atoms with E-state index in [1.807, 2.05) is 62.0 Å². The molecule has 32 heavy (non-hydrogen) atoms. The van der Waals surface area contributed by atoms with Crippen molar-refractivity contribution in [2.45, 2.75) is 36.6 Å². The van der Waals surface area contributed by atoms with E-state index in [0.29, 0.717) is 5.16 Å². The number of ether oxygens (including phenoxy) is 1. The second-order valence-corrected chi connectivity index (χ2v) is 9.80. The van der Waals surface area contributed by atoms with Gasteiger partial charge in [0.15, 0.2) is 16.8 Å². The lowest BCUT2D eigenvalue weighted by Gasteiger charge is -2.24. The highest BCUT2D eigenvalue weighted by Gasteiger charge is 2.38. The monoisotopic (exact) mass is 448 g/mol. The number of hydrogen-bond acceptors (Lipinski definition) is 6. The molecule has 7 heteroatoms. The molecule has 166 valence electrons. The average molecular weight is 449 g/mol. The van der Waals surface area contributed by atoms with Crippen LogP contribution in [0.25, 0.3) is 11.4 Å². The Morgan fingerprint density at radius 3 is 2.59 bits per heavy atom. The van der Waals surface area contributed by atoms with Crippen LogP contribution in [0.5, 0.6) is 5.75 Å². The Bertz CT molecular complexity index is 1200. The quantitative estimate of drug-likeness (QED) is 0.397. The Hall–Kier alpha value is -3.06. The third-order valence-electron chi connectivity index (χ3n) is 6.07. The van der Waals surface area contributed by atoms with Gasteiger partial charge in [0.05, 0.1) is 12.4 Å². The summed E-state index contributed by atoms with van der Waals surface area (Å²) in [5.41, 5.74) is 4.08. The number of benzene rings is 2. The maximum Gasteiger partial charge on any atom is 0.191 e. The summed E-state index contributed by atoms with van der Waals surface area (Å²) in [7, 11) is 5.57. The molecule has 2 heterocycles. The first-order chi connectivity index (χ1) is 15.2. The molecule has 0 amide bonds. The molecule has 2 aromatic carbocycles. The summed E-state index contributed by atoms with van der Waals surface area (Å²) in [5, 5.41) is 9.07. The van der Waals surface area contributed by atoms with E-state index in [2.05, 4.69) is 41.1 Å². The normalized spacial score (nSPS) is 16.8. The zero-order chi connectivity index (χ0) is 23.0.